The molecule has 2 aliphatic rings. The summed E-state index contributed by atoms with van der Waals surface area (Å²) in [7, 11) is -3.44. The predicted octanol–water partition coefficient (Wildman–Crippen LogP) is 2.01. The fraction of sp³-hybridized carbons (Fsp3) is 0.571. The van der Waals surface area contributed by atoms with Crippen LogP contribution in [0.5, 0.6) is 5.75 Å². The number of hydrogen-bond acceptors (Lipinski definition) is 3. The SMILES string of the molecule is O=S(=O)(N1CCCCCC1)N1CCOc2ccccc21. The van der Waals surface area contributed by atoms with E-state index < -0.39 is 10.2 Å². The fourth-order valence-corrected chi connectivity index (χ4v) is 4.50. The second-order valence-corrected chi connectivity index (χ2v) is 7.06. The zero-order valence-corrected chi connectivity index (χ0v) is 12.3. The number of fused-ring (bicyclic) bond motifs is 1. The minimum Gasteiger partial charge on any atom is -0.489 e. The van der Waals surface area contributed by atoms with Gasteiger partial charge in [-0.05, 0) is 25.0 Å². The molecular formula is C14H20N2O3S. The number of benzene rings is 1. The molecule has 1 aromatic rings. The number of anilines is 1. The van der Waals surface area contributed by atoms with Crippen LogP contribution in [0.3, 0.4) is 0 Å². The Morgan fingerprint density at radius 3 is 2.40 bits per heavy atom. The minimum absolute atomic E-state index is 0.385. The Hall–Kier alpha value is -1.27. The number of ether oxygens (including phenoxy) is 1. The van der Waals surface area contributed by atoms with Gasteiger partial charge in [0.05, 0.1) is 12.2 Å². The highest BCUT2D eigenvalue weighted by Crippen LogP contribution is 2.34. The van der Waals surface area contributed by atoms with Gasteiger partial charge in [-0.15, -0.1) is 0 Å². The maximum atomic E-state index is 12.9. The van der Waals surface area contributed by atoms with Crippen molar-refractivity contribution in [3.05, 3.63) is 24.3 Å². The van der Waals surface area contributed by atoms with Crippen molar-refractivity contribution >= 4 is 15.9 Å². The van der Waals surface area contributed by atoms with Crippen molar-refractivity contribution < 1.29 is 13.2 Å². The Kier molecular flexibility index (Phi) is 3.85. The van der Waals surface area contributed by atoms with Crippen LogP contribution in [0, 0.1) is 0 Å². The van der Waals surface area contributed by atoms with E-state index in [9.17, 15) is 8.42 Å². The first-order valence-electron chi connectivity index (χ1n) is 7.19. The summed E-state index contributed by atoms with van der Waals surface area (Å²) in [5.41, 5.74) is 0.656. The molecule has 0 saturated carbocycles. The van der Waals surface area contributed by atoms with Crippen molar-refractivity contribution in [1.82, 2.24) is 4.31 Å². The molecule has 0 aromatic heterocycles. The van der Waals surface area contributed by atoms with Crippen molar-refractivity contribution in [1.29, 1.82) is 0 Å². The van der Waals surface area contributed by atoms with Gasteiger partial charge >= 0.3 is 10.2 Å². The largest absolute Gasteiger partial charge is 0.489 e. The van der Waals surface area contributed by atoms with E-state index in [0.29, 0.717) is 37.7 Å². The Balaban J connectivity index is 1.92. The summed E-state index contributed by atoms with van der Waals surface area (Å²) in [4.78, 5) is 0. The lowest BCUT2D eigenvalue weighted by molar-refractivity contribution is 0.312. The molecule has 0 amide bonds. The summed E-state index contributed by atoms with van der Waals surface area (Å²) in [5.74, 6) is 0.650. The van der Waals surface area contributed by atoms with Gasteiger partial charge in [0.15, 0.2) is 0 Å². The lowest BCUT2D eigenvalue weighted by Crippen LogP contribution is -2.47. The molecule has 1 aromatic carbocycles. The molecular weight excluding hydrogens is 276 g/mol. The number of para-hydroxylation sites is 2. The number of rotatable bonds is 2. The molecule has 0 atom stereocenters. The molecule has 1 saturated heterocycles. The van der Waals surface area contributed by atoms with E-state index in [4.69, 9.17) is 4.74 Å². The van der Waals surface area contributed by atoms with Gasteiger partial charge < -0.3 is 4.74 Å². The van der Waals surface area contributed by atoms with Gasteiger partial charge in [-0.1, -0.05) is 25.0 Å². The normalized spacial score (nSPS) is 20.9. The van der Waals surface area contributed by atoms with Crippen molar-refractivity contribution in [2.45, 2.75) is 25.7 Å². The topological polar surface area (TPSA) is 49.9 Å². The number of nitrogens with zero attached hydrogens (tertiary/aromatic N) is 2. The average molecular weight is 296 g/mol. The summed E-state index contributed by atoms with van der Waals surface area (Å²) in [6, 6.07) is 7.34. The van der Waals surface area contributed by atoms with Crippen LogP contribution in [0.1, 0.15) is 25.7 Å². The summed E-state index contributed by atoms with van der Waals surface area (Å²) < 4.78 is 34.4. The van der Waals surface area contributed by atoms with Crippen molar-refractivity contribution in [2.75, 3.05) is 30.5 Å². The zero-order chi connectivity index (χ0) is 14.0. The molecule has 3 rings (SSSR count). The molecule has 1 fully saturated rings. The van der Waals surface area contributed by atoms with Gasteiger partial charge in [-0.25, -0.2) is 0 Å². The molecule has 2 heterocycles. The van der Waals surface area contributed by atoms with E-state index in [1.54, 1.807) is 4.31 Å². The standard InChI is InChI=1S/C14H20N2O3S/c17-20(18,15-9-5-1-2-6-10-15)16-11-12-19-14-8-4-3-7-13(14)16/h3-4,7-8H,1-2,5-6,9-12H2. The molecule has 0 radical (unpaired) electrons. The van der Waals surface area contributed by atoms with Crippen LogP contribution in [0.2, 0.25) is 0 Å². The molecule has 2 aliphatic heterocycles. The molecule has 0 unspecified atom stereocenters. The molecule has 6 heteroatoms. The maximum Gasteiger partial charge on any atom is 0.304 e. The quantitative estimate of drug-likeness (QED) is 0.839. The van der Waals surface area contributed by atoms with Crippen molar-refractivity contribution in [3.63, 3.8) is 0 Å². The van der Waals surface area contributed by atoms with Crippen LogP contribution < -0.4 is 9.04 Å². The van der Waals surface area contributed by atoms with E-state index in [2.05, 4.69) is 0 Å². The lowest BCUT2D eigenvalue weighted by atomic mass is 10.2. The first-order chi connectivity index (χ1) is 9.69. The second kappa shape index (κ2) is 5.61. The third kappa shape index (κ3) is 2.50. The molecule has 5 nitrogen and oxygen atoms in total. The van der Waals surface area contributed by atoms with E-state index in [1.807, 2.05) is 24.3 Å². The lowest BCUT2D eigenvalue weighted by Gasteiger charge is -2.34. The van der Waals surface area contributed by atoms with Gasteiger partial charge in [0.25, 0.3) is 0 Å². The van der Waals surface area contributed by atoms with E-state index in [-0.39, 0.29) is 0 Å². The van der Waals surface area contributed by atoms with Gasteiger partial charge in [0, 0.05) is 13.1 Å². The van der Waals surface area contributed by atoms with Gasteiger partial charge in [0.1, 0.15) is 12.4 Å². The summed E-state index contributed by atoms with van der Waals surface area (Å²) in [6.45, 7) is 2.05. The monoisotopic (exact) mass is 296 g/mol. The first-order valence-corrected chi connectivity index (χ1v) is 8.59. The van der Waals surface area contributed by atoms with Crippen LogP contribution in [-0.4, -0.2) is 39.0 Å². The van der Waals surface area contributed by atoms with Gasteiger partial charge in [-0.2, -0.15) is 12.7 Å². The smallest absolute Gasteiger partial charge is 0.304 e. The molecule has 20 heavy (non-hydrogen) atoms. The summed E-state index contributed by atoms with van der Waals surface area (Å²) >= 11 is 0. The molecule has 0 N–H and O–H groups in total. The third-order valence-electron chi connectivity index (χ3n) is 3.86. The number of hydrogen-bond donors (Lipinski definition) is 0. The molecule has 0 spiro atoms. The van der Waals surface area contributed by atoms with E-state index in [1.165, 1.54) is 4.31 Å². The van der Waals surface area contributed by atoms with Crippen LogP contribution in [0.4, 0.5) is 5.69 Å². The Morgan fingerprint density at radius 2 is 1.65 bits per heavy atom. The highest BCUT2D eigenvalue weighted by atomic mass is 32.2. The third-order valence-corrected chi connectivity index (χ3v) is 5.81. The Bertz CT molecular complexity index is 566. The Labute approximate surface area is 120 Å². The zero-order valence-electron chi connectivity index (χ0n) is 11.5. The molecule has 110 valence electrons. The maximum absolute atomic E-state index is 12.9. The van der Waals surface area contributed by atoms with Crippen LogP contribution >= 0.6 is 0 Å². The van der Waals surface area contributed by atoms with Crippen LogP contribution in [0.15, 0.2) is 24.3 Å². The van der Waals surface area contributed by atoms with E-state index >= 15 is 0 Å². The summed E-state index contributed by atoms with van der Waals surface area (Å²) in [5, 5.41) is 0. The van der Waals surface area contributed by atoms with Gasteiger partial charge in [-0.3, -0.25) is 4.31 Å². The highest BCUT2D eigenvalue weighted by Gasteiger charge is 2.33. The minimum atomic E-state index is -3.44. The van der Waals surface area contributed by atoms with Crippen molar-refractivity contribution in [2.24, 2.45) is 0 Å². The van der Waals surface area contributed by atoms with Crippen LogP contribution in [0.25, 0.3) is 0 Å². The molecule has 0 bridgehead atoms. The van der Waals surface area contributed by atoms with Crippen LogP contribution in [-0.2, 0) is 10.2 Å². The highest BCUT2D eigenvalue weighted by molar-refractivity contribution is 7.90. The average Bonchev–Trinajstić information content (AvgIpc) is 2.76. The first kappa shape index (κ1) is 13.7. The fourth-order valence-electron chi connectivity index (χ4n) is 2.80. The predicted molar refractivity (Wildman–Crippen MR) is 78.2 cm³/mol. The Morgan fingerprint density at radius 1 is 0.950 bits per heavy atom. The second-order valence-electron chi connectivity index (χ2n) is 5.21. The summed E-state index contributed by atoms with van der Waals surface area (Å²) in [6.07, 6.45) is 4.13. The van der Waals surface area contributed by atoms with E-state index in [0.717, 1.165) is 25.7 Å². The molecule has 0 aliphatic carbocycles. The van der Waals surface area contributed by atoms with Crippen molar-refractivity contribution in [3.8, 4) is 5.75 Å². The van der Waals surface area contributed by atoms with Gasteiger partial charge in [0.2, 0.25) is 0 Å².